The topological polar surface area (TPSA) is 76.2 Å². The average Bonchev–Trinajstić information content (AvgIpc) is 3.53. The van der Waals surface area contributed by atoms with Crippen molar-refractivity contribution in [3.63, 3.8) is 0 Å². The number of methoxy groups -OCH3 is 1. The van der Waals surface area contributed by atoms with Gasteiger partial charge in [-0.1, -0.05) is 42.5 Å². The molecule has 0 saturated carbocycles. The Morgan fingerprint density at radius 2 is 1.84 bits per heavy atom. The normalized spacial score (nSPS) is 16.8. The fraction of sp³-hybridized carbons (Fsp3) is 0.250. The van der Waals surface area contributed by atoms with Gasteiger partial charge in [0.1, 0.15) is 13.2 Å². The van der Waals surface area contributed by atoms with E-state index in [1.54, 1.807) is 24.2 Å². The summed E-state index contributed by atoms with van der Waals surface area (Å²) < 4.78 is 12.6. The Balaban J connectivity index is 1.33. The van der Waals surface area contributed by atoms with Gasteiger partial charge in [0.2, 0.25) is 5.91 Å². The predicted octanol–water partition coefficient (Wildman–Crippen LogP) is 5.69. The van der Waals surface area contributed by atoms with Crippen molar-refractivity contribution in [3.05, 3.63) is 74.2 Å². The smallest absolute Gasteiger partial charge is 0.294 e. The molecule has 9 heteroatoms. The molecule has 0 aromatic heterocycles. The molecule has 3 aromatic rings. The van der Waals surface area contributed by atoms with Gasteiger partial charge in [0.15, 0.2) is 11.5 Å². The monoisotopic (exact) mass is 628 g/mol. The minimum Gasteiger partial charge on any atom is -0.493 e. The molecular weight excluding hydrogens is 603 g/mol. The van der Waals surface area contributed by atoms with E-state index in [2.05, 4.69) is 40.8 Å². The Morgan fingerprint density at radius 1 is 1.08 bits per heavy atom. The lowest BCUT2D eigenvalue weighted by molar-refractivity contribution is -0.135. The van der Waals surface area contributed by atoms with Crippen LogP contribution in [0.15, 0.2) is 59.5 Å². The van der Waals surface area contributed by atoms with Crippen molar-refractivity contribution in [1.82, 2.24) is 9.80 Å². The number of imide groups is 1. The molecule has 2 saturated heterocycles. The third-order valence-corrected chi connectivity index (χ3v) is 8.14. The van der Waals surface area contributed by atoms with Gasteiger partial charge in [-0.3, -0.25) is 19.3 Å². The molecular formula is C28H25IN2O5S. The molecule has 0 radical (unpaired) electrons. The molecule has 2 heterocycles. The third kappa shape index (κ3) is 5.47. The van der Waals surface area contributed by atoms with E-state index in [9.17, 15) is 14.4 Å². The van der Waals surface area contributed by atoms with Crippen LogP contribution in [0.1, 0.15) is 24.0 Å². The van der Waals surface area contributed by atoms with Crippen molar-refractivity contribution in [2.24, 2.45) is 0 Å². The second kappa shape index (κ2) is 11.1. The summed E-state index contributed by atoms with van der Waals surface area (Å²) >= 11 is 3.03. The minimum atomic E-state index is -0.451. The first-order chi connectivity index (χ1) is 17.9. The van der Waals surface area contributed by atoms with Crippen LogP contribution in [0.4, 0.5) is 4.79 Å². The van der Waals surface area contributed by atoms with Gasteiger partial charge in [-0.05, 0) is 87.3 Å². The summed E-state index contributed by atoms with van der Waals surface area (Å²) in [5, 5.41) is 1.85. The molecule has 5 rings (SSSR count). The maximum Gasteiger partial charge on any atom is 0.294 e. The van der Waals surface area contributed by atoms with Crippen LogP contribution >= 0.6 is 34.4 Å². The number of rotatable bonds is 7. The van der Waals surface area contributed by atoms with E-state index in [0.29, 0.717) is 36.8 Å². The molecule has 3 amide bonds. The van der Waals surface area contributed by atoms with Gasteiger partial charge >= 0.3 is 0 Å². The molecule has 2 aliphatic heterocycles. The molecule has 190 valence electrons. The number of carbonyl (C=O) groups excluding carboxylic acids is 3. The van der Waals surface area contributed by atoms with E-state index >= 15 is 0 Å². The van der Waals surface area contributed by atoms with E-state index in [0.717, 1.165) is 49.4 Å². The van der Waals surface area contributed by atoms with E-state index in [1.807, 2.05) is 30.3 Å². The zero-order chi connectivity index (χ0) is 25.9. The van der Waals surface area contributed by atoms with E-state index in [1.165, 1.54) is 0 Å². The van der Waals surface area contributed by atoms with E-state index < -0.39 is 11.1 Å². The summed E-state index contributed by atoms with van der Waals surface area (Å²) in [6.45, 7) is 1.51. The zero-order valence-electron chi connectivity index (χ0n) is 20.2. The SMILES string of the molecule is COc1cc(/C=C2/SC(=O)N(CC(=O)N3CCCC3)C2=O)cc(I)c1OCc1cccc2ccccc12. The number of hydrogen-bond acceptors (Lipinski definition) is 6. The second-order valence-electron chi connectivity index (χ2n) is 8.82. The summed E-state index contributed by atoms with van der Waals surface area (Å²) in [5.41, 5.74) is 1.77. The fourth-order valence-corrected chi connectivity index (χ4v) is 6.14. The lowest BCUT2D eigenvalue weighted by atomic mass is 10.1. The van der Waals surface area contributed by atoms with Gasteiger partial charge < -0.3 is 14.4 Å². The van der Waals surface area contributed by atoms with Crippen molar-refractivity contribution < 1.29 is 23.9 Å². The standard InChI is InChI=1S/C28H25IN2O5S/c1-35-23-14-18(15-24-27(33)31(28(34)37-24)16-25(32)30-11-4-5-12-30)13-22(29)26(23)36-17-20-9-6-8-19-7-2-3-10-21(19)20/h2-3,6-10,13-15H,4-5,11-12,16-17H2,1H3/b24-15+. The number of nitrogens with zero attached hydrogens (tertiary/aromatic N) is 2. The van der Waals surface area contributed by atoms with Crippen LogP contribution in [0, 0.1) is 3.57 Å². The van der Waals surface area contributed by atoms with Gasteiger partial charge in [0, 0.05) is 13.1 Å². The number of hydrogen-bond donors (Lipinski definition) is 0. The number of ether oxygens (including phenoxy) is 2. The zero-order valence-corrected chi connectivity index (χ0v) is 23.2. The first-order valence-electron chi connectivity index (χ1n) is 11.9. The predicted molar refractivity (Wildman–Crippen MR) is 152 cm³/mol. The molecule has 2 fully saturated rings. The number of thioether (sulfide) groups is 1. The number of likely N-dealkylation sites (tertiary alicyclic amines) is 1. The summed E-state index contributed by atoms with van der Waals surface area (Å²) in [4.78, 5) is 40.9. The molecule has 2 aliphatic rings. The summed E-state index contributed by atoms with van der Waals surface area (Å²) in [7, 11) is 1.57. The van der Waals surface area contributed by atoms with Gasteiger partial charge in [-0.15, -0.1) is 0 Å². The van der Waals surface area contributed by atoms with Crippen molar-refractivity contribution in [2.45, 2.75) is 19.4 Å². The van der Waals surface area contributed by atoms with Crippen molar-refractivity contribution in [1.29, 1.82) is 0 Å². The largest absolute Gasteiger partial charge is 0.493 e. The Bertz CT molecular complexity index is 1410. The van der Waals surface area contributed by atoms with Gasteiger partial charge in [0.05, 0.1) is 15.6 Å². The highest BCUT2D eigenvalue weighted by Gasteiger charge is 2.37. The van der Waals surface area contributed by atoms with Gasteiger partial charge in [-0.25, -0.2) is 0 Å². The van der Waals surface area contributed by atoms with Crippen LogP contribution in [0.5, 0.6) is 11.5 Å². The Labute approximate surface area is 232 Å². The average molecular weight is 628 g/mol. The Morgan fingerprint density at radius 3 is 2.62 bits per heavy atom. The van der Waals surface area contributed by atoms with Crippen molar-refractivity contribution in [3.8, 4) is 11.5 Å². The Hall–Kier alpha value is -3.05. The maximum absolute atomic E-state index is 12.9. The molecule has 37 heavy (non-hydrogen) atoms. The molecule has 0 unspecified atom stereocenters. The molecule has 0 spiro atoms. The van der Waals surface area contributed by atoms with Crippen LogP contribution in [-0.4, -0.2) is 53.6 Å². The summed E-state index contributed by atoms with van der Waals surface area (Å²) in [5.74, 6) is 0.497. The minimum absolute atomic E-state index is 0.190. The quantitative estimate of drug-likeness (QED) is 0.247. The molecule has 0 atom stereocenters. The van der Waals surface area contributed by atoms with Crippen LogP contribution in [-0.2, 0) is 16.2 Å². The highest BCUT2D eigenvalue weighted by atomic mass is 127. The first-order valence-corrected chi connectivity index (χ1v) is 13.8. The highest BCUT2D eigenvalue weighted by molar-refractivity contribution is 14.1. The van der Waals surface area contributed by atoms with Crippen molar-refractivity contribution >= 4 is 68.3 Å². The highest BCUT2D eigenvalue weighted by Crippen LogP contribution is 2.38. The molecule has 0 aliphatic carbocycles. The van der Waals surface area contributed by atoms with Crippen molar-refractivity contribution in [2.75, 3.05) is 26.7 Å². The number of benzene rings is 3. The second-order valence-corrected chi connectivity index (χ2v) is 11.0. The van der Waals surface area contributed by atoms with Crippen LogP contribution in [0.25, 0.3) is 16.8 Å². The van der Waals surface area contributed by atoms with Gasteiger partial charge in [0.25, 0.3) is 11.1 Å². The summed E-state index contributed by atoms with van der Waals surface area (Å²) in [6, 6.07) is 18.0. The lowest BCUT2D eigenvalue weighted by Gasteiger charge is -2.18. The third-order valence-electron chi connectivity index (χ3n) is 6.43. The number of amides is 3. The molecule has 7 nitrogen and oxygen atoms in total. The van der Waals surface area contributed by atoms with E-state index in [4.69, 9.17) is 9.47 Å². The van der Waals surface area contributed by atoms with Crippen LogP contribution in [0.3, 0.4) is 0 Å². The molecule has 0 bridgehead atoms. The van der Waals surface area contributed by atoms with Gasteiger partial charge in [-0.2, -0.15) is 0 Å². The number of fused-ring (bicyclic) bond motifs is 1. The maximum atomic E-state index is 12.9. The first kappa shape index (κ1) is 25.6. The number of halogens is 1. The summed E-state index contributed by atoms with van der Waals surface area (Å²) in [6.07, 6.45) is 3.57. The number of carbonyl (C=O) groups is 3. The lowest BCUT2D eigenvalue weighted by Crippen LogP contribution is -2.40. The fourth-order valence-electron chi connectivity index (χ4n) is 4.52. The molecule has 3 aromatic carbocycles. The van der Waals surface area contributed by atoms with E-state index in [-0.39, 0.29) is 17.4 Å². The molecule has 0 N–H and O–H groups in total. The van der Waals surface area contributed by atoms with Crippen LogP contribution in [0.2, 0.25) is 0 Å². The van der Waals surface area contributed by atoms with Crippen LogP contribution < -0.4 is 9.47 Å². The Kier molecular flexibility index (Phi) is 7.71.